The first-order chi connectivity index (χ1) is 8.15. The Balaban J connectivity index is 2.39. The monoisotopic (exact) mass is 234 g/mol. The van der Waals surface area contributed by atoms with Crippen molar-refractivity contribution in [2.45, 2.75) is 32.9 Å². The molecule has 0 aromatic heterocycles. The number of nitrogens with zero attached hydrogens (tertiary/aromatic N) is 1. The van der Waals surface area contributed by atoms with Gasteiger partial charge in [0.1, 0.15) is 0 Å². The van der Waals surface area contributed by atoms with Crippen LogP contribution in [0.5, 0.6) is 0 Å². The highest BCUT2D eigenvalue weighted by atomic mass is 16.2. The van der Waals surface area contributed by atoms with Crippen LogP contribution in [0.15, 0.2) is 30.3 Å². The maximum absolute atomic E-state index is 11.9. The molecule has 0 unspecified atom stereocenters. The van der Waals surface area contributed by atoms with Crippen LogP contribution in [0.2, 0.25) is 0 Å². The van der Waals surface area contributed by atoms with E-state index in [0.717, 1.165) is 18.5 Å². The van der Waals surface area contributed by atoms with Gasteiger partial charge in [-0.15, -0.1) is 0 Å². The van der Waals surface area contributed by atoms with Gasteiger partial charge >= 0.3 is 0 Å². The quantitative estimate of drug-likeness (QED) is 0.817. The molecule has 0 fully saturated rings. The number of benzene rings is 1. The molecule has 1 rings (SSSR count). The van der Waals surface area contributed by atoms with Crippen LogP contribution in [0.25, 0.3) is 0 Å². The Labute approximate surface area is 104 Å². The molecule has 3 nitrogen and oxygen atoms in total. The molecule has 3 heteroatoms. The summed E-state index contributed by atoms with van der Waals surface area (Å²) in [6.45, 7) is 5.60. The topological polar surface area (TPSA) is 32.3 Å². The Kier molecular flexibility index (Phi) is 5.70. The van der Waals surface area contributed by atoms with Crippen molar-refractivity contribution in [1.82, 2.24) is 10.2 Å². The summed E-state index contributed by atoms with van der Waals surface area (Å²) in [4.78, 5) is 13.9. The predicted octanol–water partition coefficient (Wildman–Crippen LogP) is 2.03. The van der Waals surface area contributed by atoms with Gasteiger partial charge in [0.2, 0.25) is 5.91 Å². The summed E-state index contributed by atoms with van der Waals surface area (Å²) in [5.74, 6) is 0.0878. The van der Waals surface area contributed by atoms with Crippen LogP contribution in [0.3, 0.4) is 0 Å². The summed E-state index contributed by atoms with van der Waals surface area (Å²) < 4.78 is 0. The Bertz CT molecular complexity index is 337. The van der Waals surface area contributed by atoms with E-state index >= 15 is 0 Å². The Morgan fingerprint density at radius 1 is 1.35 bits per heavy atom. The maximum atomic E-state index is 11.9. The van der Waals surface area contributed by atoms with Crippen LogP contribution < -0.4 is 5.32 Å². The van der Waals surface area contributed by atoms with Gasteiger partial charge in [-0.2, -0.15) is 0 Å². The van der Waals surface area contributed by atoms with E-state index in [4.69, 9.17) is 0 Å². The molecule has 0 saturated heterocycles. The van der Waals surface area contributed by atoms with Gasteiger partial charge < -0.3 is 5.32 Å². The first-order valence-corrected chi connectivity index (χ1v) is 6.17. The number of hydrogen-bond acceptors (Lipinski definition) is 2. The van der Waals surface area contributed by atoms with Gasteiger partial charge in [-0.3, -0.25) is 9.69 Å². The van der Waals surface area contributed by atoms with Gasteiger partial charge in [-0.25, -0.2) is 0 Å². The molecule has 0 heterocycles. The molecule has 0 saturated carbocycles. The summed E-state index contributed by atoms with van der Waals surface area (Å²) in [6.07, 6.45) is 1.06. The smallest absolute Gasteiger partial charge is 0.237 e. The molecular formula is C14H22N2O. The lowest BCUT2D eigenvalue weighted by Crippen LogP contribution is -2.43. The second kappa shape index (κ2) is 7.07. The molecule has 1 atom stereocenters. The minimum atomic E-state index is -0.0707. The number of carbonyl (C=O) groups excluding carboxylic acids is 1. The number of rotatable bonds is 6. The van der Waals surface area contributed by atoms with E-state index in [9.17, 15) is 4.79 Å². The minimum absolute atomic E-state index is 0.0707. The molecule has 94 valence electrons. The average Bonchev–Trinajstić information content (AvgIpc) is 2.36. The van der Waals surface area contributed by atoms with Crippen molar-refractivity contribution in [1.29, 1.82) is 0 Å². The standard InChI is InChI=1S/C14H22N2O/c1-4-10-16(3)12(2)14(17)15-11-13-8-6-5-7-9-13/h5-9,12H,4,10-11H2,1-3H3,(H,15,17)/t12-/m0/s1. The van der Waals surface area contributed by atoms with Crippen LogP contribution in [-0.2, 0) is 11.3 Å². The number of nitrogens with one attached hydrogen (secondary N) is 1. The zero-order valence-electron chi connectivity index (χ0n) is 10.9. The van der Waals surface area contributed by atoms with E-state index in [-0.39, 0.29) is 11.9 Å². The number of likely N-dealkylation sites (N-methyl/N-ethyl adjacent to an activating group) is 1. The molecule has 1 aromatic rings. The van der Waals surface area contributed by atoms with E-state index < -0.39 is 0 Å². The van der Waals surface area contributed by atoms with Crippen molar-refractivity contribution in [3.8, 4) is 0 Å². The van der Waals surface area contributed by atoms with Gasteiger partial charge in [0.15, 0.2) is 0 Å². The Hall–Kier alpha value is -1.35. The zero-order chi connectivity index (χ0) is 12.7. The van der Waals surface area contributed by atoms with Crippen molar-refractivity contribution >= 4 is 5.91 Å². The second-order valence-electron chi connectivity index (χ2n) is 4.36. The van der Waals surface area contributed by atoms with Gasteiger partial charge in [0.05, 0.1) is 6.04 Å². The van der Waals surface area contributed by atoms with E-state index in [2.05, 4.69) is 17.1 Å². The van der Waals surface area contributed by atoms with Crippen LogP contribution >= 0.6 is 0 Å². The van der Waals surface area contributed by atoms with Crippen molar-refractivity contribution in [2.75, 3.05) is 13.6 Å². The average molecular weight is 234 g/mol. The first-order valence-electron chi connectivity index (χ1n) is 6.17. The predicted molar refractivity (Wildman–Crippen MR) is 70.7 cm³/mol. The van der Waals surface area contributed by atoms with Crippen LogP contribution in [0, 0.1) is 0 Å². The summed E-state index contributed by atoms with van der Waals surface area (Å²) in [5.41, 5.74) is 1.13. The van der Waals surface area contributed by atoms with Crippen molar-refractivity contribution < 1.29 is 4.79 Å². The molecule has 1 amide bonds. The number of amides is 1. The van der Waals surface area contributed by atoms with Gasteiger partial charge in [-0.1, -0.05) is 37.3 Å². The Morgan fingerprint density at radius 2 is 2.00 bits per heavy atom. The van der Waals surface area contributed by atoms with E-state index in [1.54, 1.807) is 0 Å². The van der Waals surface area contributed by atoms with Crippen molar-refractivity contribution in [3.05, 3.63) is 35.9 Å². The van der Waals surface area contributed by atoms with Crippen molar-refractivity contribution in [3.63, 3.8) is 0 Å². The van der Waals surface area contributed by atoms with Crippen molar-refractivity contribution in [2.24, 2.45) is 0 Å². The summed E-state index contributed by atoms with van der Waals surface area (Å²) in [5, 5.41) is 2.96. The highest BCUT2D eigenvalue weighted by molar-refractivity contribution is 5.81. The Morgan fingerprint density at radius 3 is 2.59 bits per heavy atom. The van der Waals surface area contributed by atoms with Crippen LogP contribution in [0.4, 0.5) is 0 Å². The summed E-state index contributed by atoms with van der Waals surface area (Å²) in [6, 6.07) is 9.89. The molecule has 1 N–H and O–H groups in total. The van der Waals surface area contributed by atoms with E-state index in [1.165, 1.54) is 0 Å². The third-order valence-electron chi connectivity index (χ3n) is 2.93. The second-order valence-corrected chi connectivity index (χ2v) is 4.36. The number of hydrogen-bond donors (Lipinski definition) is 1. The van der Waals surface area contributed by atoms with Crippen LogP contribution in [-0.4, -0.2) is 30.4 Å². The van der Waals surface area contributed by atoms with Gasteiger partial charge in [-0.05, 0) is 32.5 Å². The van der Waals surface area contributed by atoms with E-state index in [0.29, 0.717) is 6.54 Å². The normalized spacial score (nSPS) is 12.5. The molecule has 17 heavy (non-hydrogen) atoms. The maximum Gasteiger partial charge on any atom is 0.237 e. The number of carbonyl (C=O) groups is 1. The fraction of sp³-hybridized carbons (Fsp3) is 0.500. The molecular weight excluding hydrogens is 212 g/mol. The third-order valence-corrected chi connectivity index (χ3v) is 2.93. The minimum Gasteiger partial charge on any atom is -0.351 e. The van der Waals surface area contributed by atoms with Crippen LogP contribution in [0.1, 0.15) is 25.8 Å². The summed E-state index contributed by atoms with van der Waals surface area (Å²) in [7, 11) is 1.98. The zero-order valence-corrected chi connectivity index (χ0v) is 10.9. The fourth-order valence-corrected chi connectivity index (χ4v) is 1.68. The fourth-order valence-electron chi connectivity index (χ4n) is 1.68. The SMILES string of the molecule is CCCN(C)[C@@H](C)C(=O)NCc1ccccc1. The largest absolute Gasteiger partial charge is 0.351 e. The lowest BCUT2D eigenvalue weighted by molar-refractivity contribution is -0.125. The molecule has 0 aliphatic heterocycles. The third kappa shape index (κ3) is 4.57. The molecule has 1 aromatic carbocycles. The molecule has 0 spiro atoms. The molecule has 0 bridgehead atoms. The lowest BCUT2D eigenvalue weighted by atomic mass is 10.2. The first kappa shape index (κ1) is 13.7. The van der Waals surface area contributed by atoms with E-state index in [1.807, 2.05) is 44.3 Å². The van der Waals surface area contributed by atoms with Gasteiger partial charge in [0.25, 0.3) is 0 Å². The molecule has 0 radical (unpaired) electrons. The lowest BCUT2D eigenvalue weighted by Gasteiger charge is -2.23. The van der Waals surface area contributed by atoms with Gasteiger partial charge in [0, 0.05) is 6.54 Å². The highest BCUT2D eigenvalue weighted by Gasteiger charge is 2.16. The molecule has 0 aliphatic carbocycles. The molecule has 0 aliphatic rings. The summed E-state index contributed by atoms with van der Waals surface area (Å²) >= 11 is 0. The highest BCUT2D eigenvalue weighted by Crippen LogP contribution is 2.00.